The van der Waals surface area contributed by atoms with Crippen molar-refractivity contribution in [3.05, 3.63) is 58.2 Å². The first-order valence-electron chi connectivity index (χ1n) is 9.09. The van der Waals surface area contributed by atoms with E-state index in [-0.39, 0.29) is 12.5 Å². The number of amides is 3. The number of fused-ring (bicyclic) bond motifs is 1. The Morgan fingerprint density at radius 2 is 1.83 bits per heavy atom. The summed E-state index contributed by atoms with van der Waals surface area (Å²) in [6, 6.07) is 10.4. The van der Waals surface area contributed by atoms with Gasteiger partial charge >= 0.3 is 6.03 Å². The van der Waals surface area contributed by atoms with E-state index in [9.17, 15) is 9.59 Å². The monoisotopic (exact) mass is 457 g/mol. The molecule has 1 saturated heterocycles. The Labute approximate surface area is 176 Å². The van der Waals surface area contributed by atoms with Crippen molar-refractivity contribution >= 4 is 38.8 Å². The minimum Gasteiger partial charge on any atom is -0.496 e. The van der Waals surface area contributed by atoms with Crippen molar-refractivity contribution in [2.24, 2.45) is 0 Å². The fourth-order valence-corrected chi connectivity index (χ4v) is 4.09. The molecule has 1 aliphatic heterocycles. The van der Waals surface area contributed by atoms with Crippen molar-refractivity contribution in [2.45, 2.75) is 19.0 Å². The molecule has 1 aromatic heterocycles. The summed E-state index contributed by atoms with van der Waals surface area (Å²) in [6.07, 6.45) is 2.31. The van der Waals surface area contributed by atoms with Gasteiger partial charge in [0.2, 0.25) is 0 Å². The summed E-state index contributed by atoms with van der Waals surface area (Å²) in [7, 11) is 3.10. The van der Waals surface area contributed by atoms with Gasteiger partial charge in [-0.1, -0.05) is 18.2 Å². The predicted octanol–water partition coefficient (Wildman–Crippen LogP) is 3.61. The van der Waals surface area contributed by atoms with Crippen molar-refractivity contribution in [3.8, 4) is 11.5 Å². The predicted molar refractivity (Wildman–Crippen MR) is 112 cm³/mol. The largest absolute Gasteiger partial charge is 0.496 e. The van der Waals surface area contributed by atoms with Crippen molar-refractivity contribution < 1.29 is 19.1 Å². The maximum atomic E-state index is 13.0. The first-order chi connectivity index (χ1) is 14.0. The maximum absolute atomic E-state index is 13.0. The Bertz CT molecular complexity index is 1090. The van der Waals surface area contributed by atoms with Crippen LogP contribution in [0.5, 0.6) is 11.5 Å². The second kappa shape index (κ2) is 7.79. The zero-order valence-corrected chi connectivity index (χ0v) is 17.6. The number of aromatic amines is 1. The molecule has 1 fully saturated rings. The number of halogens is 1. The van der Waals surface area contributed by atoms with Crippen LogP contribution in [-0.2, 0) is 17.8 Å². The van der Waals surface area contributed by atoms with Crippen LogP contribution in [0.4, 0.5) is 4.79 Å². The number of benzene rings is 2. The fraction of sp³-hybridized carbons (Fsp3) is 0.238. The van der Waals surface area contributed by atoms with Crippen molar-refractivity contribution in [1.82, 2.24) is 15.2 Å². The summed E-state index contributed by atoms with van der Waals surface area (Å²) in [5, 5.41) is 3.85. The van der Waals surface area contributed by atoms with Crippen LogP contribution >= 0.6 is 15.9 Å². The van der Waals surface area contributed by atoms with E-state index in [4.69, 9.17) is 9.47 Å². The van der Waals surface area contributed by atoms with Gasteiger partial charge in [0.15, 0.2) is 0 Å². The lowest BCUT2D eigenvalue weighted by Gasteiger charge is -2.17. The Morgan fingerprint density at radius 1 is 1.07 bits per heavy atom. The molecule has 2 N–H and O–H groups in total. The number of hydrogen-bond donors (Lipinski definition) is 2. The van der Waals surface area contributed by atoms with Gasteiger partial charge in [0.25, 0.3) is 5.91 Å². The number of nitrogens with one attached hydrogen (secondary N) is 2. The Morgan fingerprint density at radius 3 is 2.59 bits per heavy atom. The normalized spacial score (nSPS) is 16.4. The lowest BCUT2D eigenvalue weighted by molar-refractivity contribution is -0.127. The number of H-pyrrole nitrogens is 1. The van der Waals surface area contributed by atoms with Crippen LogP contribution in [0.2, 0.25) is 0 Å². The molecule has 0 saturated carbocycles. The average Bonchev–Trinajstić information content (AvgIpc) is 3.25. The van der Waals surface area contributed by atoms with Gasteiger partial charge in [-0.2, -0.15) is 0 Å². The summed E-state index contributed by atoms with van der Waals surface area (Å²) in [6.45, 7) is 0.0991. The molecule has 150 valence electrons. The smallest absolute Gasteiger partial charge is 0.325 e. The van der Waals surface area contributed by atoms with Crippen LogP contribution < -0.4 is 14.8 Å². The number of hydrogen-bond acceptors (Lipinski definition) is 4. The number of imide groups is 1. The first-order valence-corrected chi connectivity index (χ1v) is 9.88. The average molecular weight is 458 g/mol. The molecule has 1 aliphatic rings. The quantitative estimate of drug-likeness (QED) is 0.553. The number of carbonyl (C=O) groups is 2. The van der Waals surface area contributed by atoms with Gasteiger partial charge < -0.3 is 19.8 Å². The standard InChI is InChI=1S/C21H20BrN3O4/c1-28-18-9-15(22)19(29-2)8-13(18)11-25-20(26)17(24-21(25)27)7-12-10-23-16-6-4-3-5-14(12)16/h3-6,8-10,17,23H,7,11H2,1-2H3,(H,24,27). The van der Waals surface area contributed by atoms with E-state index in [0.717, 1.165) is 20.9 Å². The maximum Gasteiger partial charge on any atom is 0.325 e. The van der Waals surface area contributed by atoms with E-state index >= 15 is 0 Å². The Kier molecular flexibility index (Phi) is 5.19. The Balaban J connectivity index is 1.56. The molecular weight excluding hydrogens is 438 g/mol. The fourth-order valence-electron chi connectivity index (χ4n) is 3.60. The molecule has 0 aliphatic carbocycles. The number of methoxy groups -OCH3 is 2. The molecule has 3 aromatic rings. The molecule has 2 aromatic carbocycles. The summed E-state index contributed by atoms with van der Waals surface area (Å²) in [5.41, 5.74) is 2.68. The van der Waals surface area contributed by atoms with E-state index in [1.54, 1.807) is 26.4 Å². The molecule has 4 rings (SSSR count). The topological polar surface area (TPSA) is 83.7 Å². The molecule has 0 spiro atoms. The third kappa shape index (κ3) is 3.55. The van der Waals surface area contributed by atoms with E-state index in [2.05, 4.69) is 26.2 Å². The lowest BCUT2D eigenvalue weighted by atomic mass is 10.0. The molecule has 29 heavy (non-hydrogen) atoms. The third-order valence-corrected chi connectivity index (χ3v) is 5.71. The molecule has 0 radical (unpaired) electrons. The zero-order valence-electron chi connectivity index (χ0n) is 16.0. The van der Waals surface area contributed by atoms with Crippen LogP contribution in [0.3, 0.4) is 0 Å². The van der Waals surface area contributed by atoms with Gasteiger partial charge in [-0.05, 0) is 39.7 Å². The second-order valence-corrected chi connectivity index (χ2v) is 7.64. The number of ether oxygens (including phenoxy) is 2. The molecule has 3 amide bonds. The van der Waals surface area contributed by atoms with E-state index in [0.29, 0.717) is 23.5 Å². The highest BCUT2D eigenvalue weighted by atomic mass is 79.9. The highest BCUT2D eigenvalue weighted by Gasteiger charge is 2.38. The molecule has 8 heteroatoms. The highest BCUT2D eigenvalue weighted by Crippen LogP contribution is 2.34. The van der Waals surface area contributed by atoms with Crippen LogP contribution in [0.15, 0.2) is 47.1 Å². The van der Waals surface area contributed by atoms with Crippen LogP contribution in [-0.4, -0.2) is 42.1 Å². The van der Waals surface area contributed by atoms with E-state index < -0.39 is 12.1 Å². The van der Waals surface area contributed by atoms with E-state index in [1.165, 1.54) is 4.90 Å². The van der Waals surface area contributed by atoms with Gasteiger partial charge in [-0.25, -0.2) is 4.79 Å². The molecule has 2 heterocycles. The lowest BCUT2D eigenvalue weighted by Crippen LogP contribution is -2.32. The van der Waals surface area contributed by atoms with E-state index in [1.807, 2.05) is 30.5 Å². The number of rotatable bonds is 6. The first kappa shape index (κ1) is 19.3. The van der Waals surface area contributed by atoms with Crippen LogP contribution in [0.25, 0.3) is 10.9 Å². The van der Waals surface area contributed by atoms with Gasteiger partial charge in [0, 0.05) is 29.1 Å². The van der Waals surface area contributed by atoms with Crippen LogP contribution in [0.1, 0.15) is 11.1 Å². The molecule has 1 unspecified atom stereocenters. The minimum atomic E-state index is -0.606. The van der Waals surface area contributed by atoms with Crippen molar-refractivity contribution in [2.75, 3.05) is 14.2 Å². The summed E-state index contributed by atoms with van der Waals surface area (Å²) < 4.78 is 11.5. The van der Waals surface area contributed by atoms with Crippen molar-refractivity contribution in [3.63, 3.8) is 0 Å². The molecular formula is C21H20BrN3O4. The van der Waals surface area contributed by atoms with Gasteiger partial charge in [-0.3, -0.25) is 9.69 Å². The number of urea groups is 1. The summed E-state index contributed by atoms with van der Waals surface area (Å²) >= 11 is 3.41. The molecule has 1 atom stereocenters. The van der Waals surface area contributed by atoms with Gasteiger partial charge in [0.05, 0.1) is 25.2 Å². The number of nitrogens with zero attached hydrogens (tertiary/aromatic N) is 1. The van der Waals surface area contributed by atoms with Crippen LogP contribution in [0, 0.1) is 0 Å². The zero-order chi connectivity index (χ0) is 20.5. The second-order valence-electron chi connectivity index (χ2n) is 6.79. The number of carbonyl (C=O) groups excluding carboxylic acids is 2. The van der Waals surface area contributed by atoms with Crippen molar-refractivity contribution in [1.29, 1.82) is 0 Å². The molecule has 0 bridgehead atoms. The van der Waals surface area contributed by atoms with Gasteiger partial charge in [0.1, 0.15) is 17.5 Å². The summed E-state index contributed by atoms with van der Waals surface area (Å²) in [4.78, 5) is 29.9. The Hall–Kier alpha value is -3.00. The SMILES string of the molecule is COc1cc(CN2C(=O)NC(Cc3c[nH]c4ccccc34)C2=O)c(OC)cc1Br. The minimum absolute atomic E-state index is 0.0991. The highest BCUT2D eigenvalue weighted by molar-refractivity contribution is 9.10. The van der Waals surface area contributed by atoms with Gasteiger partial charge in [-0.15, -0.1) is 0 Å². The third-order valence-electron chi connectivity index (χ3n) is 5.09. The number of aromatic nitrogens is 1. The summed E-state index contributed by atoms with van der Waals surface area (Å²) in [5.74, 6) is 0.908. The number of para-hydroxylation sites is 1. The molecule has 7 nitrogen and oxygen atoms in total.